The lowest BCUT2D eigenvalue weighted by molar-refractivity contribution is 0.285. The SMILES string of the molecule is C=CCc1cc(/C=C(/C#N)c2ccccc2F)cc(OCC)c1OCC. The number of halogens is 1. The van der Waals surface area contributed by atoms with E-state index in [1.165, 1.54) is 6.07 Å². The summed E-state index contributed by atoms with van der Waals surface area (Å²) >= 11 is 0. The lowest BCUT2D eigenvalue weighted by Crippen LogP contribution is -2.02. The molecule has 0 aliphatic carbocycles. The maximum Gasteiger partial charge on any atom is 0.164 e. The smallest absolute Gasteiger partial charge is 0.164 e. The molecule has 3 nitrogen and oxygen atoms in total. The van der Waals surface area contributed by atoms with Crippen molar-refractivity contribution in [1.82, 2.24) is 0 Å². The van der Waals surface area contributed by atoms with Crippen molar-refractivity contribution in [2.24, 2.45) is 0 Å². The van der Waals surface area contributed by atoms with Crippen LogP contribution in [0.1, 0.15) is 30.5 Å². The minimum absolute atomic E-state index is 0.249. The third kappa shape index (κ3) is 4.52. The summed E-state index contributed by atoms with van der Waals surface area (Å²) in [4.78, 5) is 0. The van der Waals surface area contributed by atoms with Crippen molar-refractivity contribution < 1.29 is 13.9 Å². The topological polar surface area (TPSA) is 42.2 Å². The van der Waals surface area contributed by atoms with Gasteiger partial charge in [-0.15, -0.1) is 6.58 Å². The van der Waals surface area contributed by atoms with Crippen LogP contribution in [-0.4, -0.2) is 13.2 Å². The molecule has 0 spiro atoms. The number of ether oxygens (including phenoxy) is 2. The summed E-state index contributed by atoms with van der Waals surface area (Å²) in [7, 11) is 0. The molecule has 0 saturated heterocycles. The summed E-state index contributed by atoms with van der Waals surface area (Å²) < 4.78 is 25.5. The average molecular weight is 351 g/mol. The second-order valence-electron chi connectivity index (χ2n) is 5.52. The van der Waals surface area contributed by atoms with E-state index >= 15 is 0 Å². The lowest BCUT2D eigenvalue weighted by Gasteiger charge is -2.16. The van der Waals surface area contributed by atoms with Crippen molar-refractivity contribution in [3.05, 3.63) is 71.6 Å². The van der Waals surface area contributed by atoms with E-state index in [-0.39, 0.29) is 11.1 Å². The number of nitrogens with zero attached hydrogens (tertiary/aromatic N) is 1. The van der Waals surface area contributed by atoms with Crippen molar-refractivity contribution >= 4 is 11.6 Å². The lowest BCUT2D eigenvalue weighted by atomic mass is 10.0. The van der Waals surface area contributed by atoms with Gasteiger partial charge in [0.15, 0.2) is 11.5 Å². The molecule has 0 fully saturated rings. The molecule has 0 aromatic heterocycles. The van der Waals surface area contributed by atoms with Gasteiger partial charge in [-0.2, -0.15) is 5.26 Å². The molecule has 0 aliphatic heterocycles. The first-order chi connectivity index (χ1) is 12.6. The molecular weight excluding hydrogens is 329 g/mol. The molecule has 0 heterocycles. The number of nitriles is 1. The van der Waals surface area contributed by atoms with Gasteiger partial charge >= 0.3 is 0 Å². The van der Waals surface area contributed by atoms with Gasteiger partial charge in [-0.3, -0.25) is 0 Å². The molecule has 4 heteroatoms. The fourth-order valence-electron chi connectivity index (χ4n) is 2.66. The number of hydrogen-bond donors (Lipinski definition) is 0. The second-order valence-corrected chi connectivity index (χ2v) is 5.52. The Balaban J connectivity index is 2.59. The van der Waals surface area contributed by atoms with E-state index < -0.39 is 5.82 Å². The normalized spacial score (nSPS) is 10.9. The Labute approximate surface area is 154 Å². The van der Waals surface area contributed by atoms with Crippen molar-refractivity contribution in [3.63, 3.8) is 0 Å². The van der Waals surface area contributed by atoms with Crippen LogP contribution in [0.4, 0.5) is 4.39 Å². The molecule has 134 valence electrons. The maximum atomic E-state index is 14.0. The third-order valence-corrected chi connectivity index (χ3v) is 3.70. The van der Waals surface area contributed by atoms with Gasteiger partial charge < -0.3 is 9.47 Å². The summed E-state index contributed by atoms with van der Waals surface area (Å²) in [6.45, 7) is 8.59. The number of rotatable bonds is 8. The van der Waals surface area contributed by atoms with Crippen LogP contribution in [0.15, 0.2) is 49.1 Å². The Morgan fingerprint density at radius 3 is 2.54 bits per heavy atom. The molecule has 2 aromatic carbocycles. The van der Waals surface area contributed by atoms with Crippen molar-refractivity contribution in [1.29, 1.82) is 5.26 Å². The molecule has 2 rings (SSSR count). The zero-order chi connectivity index (χ0) is 18.9. The first-order valence-corrected chi connectivity index (χ1v) is 8.54. The van der Waals surface area contributed by atoms with Gasteiger partial charge in [-0.1, -0.05) is 24.3 Å². The van der Waals surface area contributed by atoms with Crippen LogP contribution < -0.4 is 9.47 Å². The highest BCUT2D eigenvalue weighted by Crippen LogP contribution is 2.35. The fraction of sp³-hybridized carbons (Fsp3) is 0.227. The van der Waals surface area contributed by atoms with Crippen LogP contribution in [-0.2, 0) is 6.42 Å². The van der Waals surface area contributed by atoms with Gasteiger partial charge in [0.05, 0.1) is 24.9 Å². The number of hydrogen-bond acceptors (Lipinski definition) is 3. The Kier molecular flexibility index (Phi) is 6.99. The third-order valence-electron chi connectivity index (χ3n) is 3.70. The zero-order valence-corrected chi connectivity index (χ0v) is 15.1. The standard InChI is InChI=1S/C22H22FNO2/c1-4-9-17-12-16(14-21(25-5-2)22(17)26-6-3)13-18(15-24)19-10-7-8-11-20(19)23/h4,7-8,10-14H,1,5-6,9H2,2-3H3/b18-13-. The van der Waals surface area contributed by atoms with Gasteiger partial charge in [0, 0.05) is 11.1 Å². The molecule has 0 saturated carbocycles. The quantitative estimate of drug-likeness (QED) is 0.362. The Morgan fingerprint density at radius 1 is 1.19 bits per heavy atom. The monoisotopic (exact) mass is 351 g/mol. The maximum absolute atomic E-state index is 14.0. The zero-order valence-electron chi connectivity index (χ0n) is 15.1. The average Bonchev–Trinajstić information content (AvgIpc) is 2.63. The van der Waals surface area contributed by atoms with Gasteiger partial charge in [0.25, 0.3) is 0 Å². The summed E-state index contributed by atoms with van der Waals surface area (Å²) in [5.41, 5.74) is 2.17. The molecule has 0 aliphatic rings. The molecule has 0 atom stereocenters. The van der Waals surface area contributed by atoms with E-state index in [0.29, 0.717) is 31.1 Å². The van der Waals surface area contributed by atoms with E-state index in [4.69, 9.17) is 9.47 Å². The summed E-state index contributed by atoms with van der Waals surface area (Å²) in [5, 5.41) is 9.49. The second kappa shape index (κ2) is 9.43. The predicted molar refractivity (Wildman–Crippen MR) is 103 cm³/mol. The first-order valence-electron chi connectivity index (χ1n) is 8.54. The van der Waals surface area contributed by atoms with Crippen LogP contribution in [0.3, 0.4) is 0 Å². The molecule has 0 N–H and O–H groups in total. The Morgan fingerprint density at radius 2 is 1.92 bits per heavy atom. The Bertz CT molecular complexity index is 850. The van der Waals surface area contributed by atoms with Gasteiger partial charge in [0.1, 0.15) is 5.82 Å². The molecule has 26 heavy (non-hydrogen) atoms. The highest BCUT2D eigenvalue weighted by atomic mass is 19.1. The van der Waals surface area contributed by atoms with Gasteiger partial charge in [-0.25, -0.2) is 4.39 Å². The van der Waals surface area contributed by atoms with Gasteiger partial charge in [0.2, 0.25) is 0 Å². The molecule has 2 aromatic rings. The van der Waals surface area contributed by atoms with Gasteiger partial charge in [-0.05, 0) is 50.1 Å². The van der Waals surface area contributed by atoms with Crippen LogP contribution in [0.5, 0.6) is 11.5 Å². The van der Waals surface area contributed by atoms with Crippen LogP contribution >= 0.6 is 0 Å². The minimum Gasteiger partial charge on any atom is -0.490 e. The molecule has 0 radical (unpaired) electrons. The van der Waals surface area contributed by atoms with E-state index in [9.17, 15) is 9.65 Å². The number of benzene rings is 2. The molecule has 0 amide bonds. The van der Waals surface area contributed by atoms with E-state index in [0.717, 1.165) is 11.1 Å². The van der Waals surface area contributed by atoms with E-state index in [1.54, 1.807) is 36.4 Å². The number of allylic oxidation sites excluding steroid dienone is 2. The summed E-state index contributed by atoms with van der Waals surface area (Å²) in [6, 6.07) is 12.0. The molecular formula is C22H22FNO2. The predicted octanol–water partition coefficient (Wildman–Crippen LogP) is 5.42. The Hall–Kier alpha value is -3.06. The van der Waals surface area contributed by atoms with Crippen LogP contribution in [0.25, 0.3) is 11.6 Å². The van der Waals surface area contributed by atoms with E-state index in [2.05, 4.69) is 12.6 Å². The first kappa shape index (κ1) is 19.3. The minimum atomic E-state index is -0.428. The van der Waals surface area contributed by atoms with Crippen LogP contribution in [0, 0.1) is 17.1 Å². The summed E-state index contributed by atoms with van der Waals surface area (Å²) in [6.07, 6.45) is 4.03. The van der Waals surface area contributed by atoms with Crippen molar-refractivity contribution in [2.75, 3.05) is 13.2 Å². The molecule has 0 bridgehead atoms. The highest BCUT2D eigenvalue weighted by Gasteiger charge is 2.14. The van der Waals surface area contributed by atoms with Crippen molar-refractivity contribution in [3.8, 4) is 17.6 Å². The largest absolute Gasteiger partial charge is 0.490 e. The van der Waals surface area contributed by atoms with Crippen molar-refractivity contribution in [2.45, 2.75) is 20.3 Å². The molecule has 0 unspecified atom stereocenters. The van der Waals surface area contributed by atoms with E-state index in [1.807, 2.05) is 19.9 Å². The van der Waals surface area contributed by atoms with Crippen LogP contribution in [0.2, 0.25) is 0 Å². The summed E-state index contributed by atoms with van der Waals surface area (Å²) in [5.74, 6) is 0.851. The fourth-order valence-corrected chi connectivity index (χ4v) is 2.66. The highest BCUT2D eigenvalue weighted by molar-refractivity contribution is 5.90.